The van der Waals surface area contributed by atoms with E-state index in [0.29, 0.717) is 17.5 Å². The van der Waals surface area contributed by atoms with E-state index in [1.807, 2.05) is 6.07 Å². The van der Waals surface area contributed by atoms with Crippen LogP contribution in [0.3, 0.4) is 0 Å². The Morgan fingerprint density at radius 1 is 1.50 bits per heavy atom. The molecule has 1 saturated heterocycles. The number of hydrogen-bond donors (Lipinski definition) is 1. The van der Waals surface area contributed by atoms with Gasteiger partial charge in [0, 0.05) is 12.5 Å². The van der Waals surface area contributed by atoms with E-state index in [1.54, 1.807) is 7.11 Å². The van der Waals surface area contributed by atoms with E-state index in [-0.39, 0.29) is 0 Å². The number of nitrogen functional groups attached to an aromatic ring is 1. The van der Waals surface area contributed by atoms with E-state index in [9.17, 15) is 0 Å². The zero-order valence-electron chi connectivity index (χ0n) is 9.81. The minimum atomic E-state index is 0.410. The quantitative estimate of drug-likeness (QED) is 0.804. The SMILES string of the molecule is COc1nnc(C2CCCN(C)C2)cc1N. The van der Waals surface area contributed by atoms with Crippen LogP contribution in [-0.2, 0) is 0 Å². The van der Waals surface area contributed by atoms with Crippen LogP contribution in [0.4, 0.5) is 5.69 Å². The van der Waals surface area contributed by atoms with Gasteiger partial charge in [0.05, 0.1) is 18.5 Å². The van der Waals surface area contributed by atoms with E-state index in [1.165, 1.54) is 6.42 Å². The summed E-state index contributed by atoms with van der Waals surface area (Å²) in [6.45, 7) is 2.19. The maximum atomic E-state index is 5.83. The predicted molar refractivity (Wildman–Crippen MR) is 62.5 cm³/mol. The molecule has 1 aromatic heterocycles. The third-order valence-electron chi connectivity index (χ3n) is 3.04. The first kappa shape index (κ1) is 11.1. The second-order valence-corrected chi connectivity index (χ2v) is 4.34. The van der Waals surface area contributed by atoms with Crippen molar-refractivity contribution in [3.05, 3.63) is 11.8 Å². The normalized spacial score (nSPS) is 22.0. The summed E-state index contributed by atoms with van der Waals surface area (Å²) in [4.78, 5) is 2.32. The summed E-state index contributed by atoms with van der Waals surface area (Å²) < 4.78 is 5.00. The number of piperidine rings is 1. The fourth-order valence-electron chi connectivity index (χ4n) is 2.18. The van der Waals surface area contributed by atoms with Gasteiger partial charge in [-0.25, -0.2) is 0 Å². The average Bonchev–Trinajstić information content (AvgIpc) is 2.29. The molecule has 2 heterocycles. The lowest BCUT2D eigenvalue weighted by atomic mass is 9.95. The Balaban J connectivity index is 2.17. The van der Waals surface area contributed by atoms with E-state index in [2.05, 4.69) is 22.1 Å². The maximum Gasteiger partial charge on any atom is 0.256 e. The van der Waals surface area contributed by atoms with Crippen LogP contribution in [0, 0.1) is 0 Å². The number of likely N-dealkylation sites (N-methyl/N-ethyl adjacent to an activating group) is 1. The summed E-state index contributed by atoms with van der Waals surface area (Å²) in [5.41, 5.74) is 7.38. The summed E-state index contributed by atoms with van der Waals surface area (Å²) in [5, 5.41) is 8.17. The topological polar surface area (TPSA) is 64.3 Å². The molecule has 2 rings (SSSR count). The highest BCUT2D eigenvalue weighted by atomic mass is 16.5. The Morgan fingerprint density at radius 3 is 2.94 bits per heavy atom. The molecule has 1 unspecified atom stereocenters. The Labute approximate surface area is 95.6 Å². The van der Waals surface area contributed by atoms with Crippen molar-refractivity contribution < 1.29 is 4.74 Å². The zero-order valence-corrected chi connectivity index (χ0v) is 9.81. The molecule has 0 bridgehead atoms. The van der Waals surface area contributed by atoms with Crippen molar-refractivity contribution in [3.8, 4) is 5.88 Å². The van der Waals surface area contributed by atoms with Crippen molar-refractivity contribution in [1.29, 1.82) is 0 Å². The van der Waals surface area contributed by atoms with Gasteiger partial charge < -0.3 is 15.4 Å². The molecule has 0 spiro atoms. The summed E-state index contributed by atoms with van der Waals surface area (Å²) in [5.74, 6) is 0.854. The molecule has 0 amide bonds. The maximum absolute atomic E-state index is 5.83. The monoisotopic (exact) mass is 222 g/mol. The number of aromatic nitrogens is 2. The van der Waals surface area contributed by atoms with Crippen LogP contribution in [0.25, 0.3) is 0 Å². The highest BCUT2D eigenvalue weighted by molar-refractivity contribution is 5.48. The number of ether oxygens (including phenoxy) is 1. The number of methoxy groups -OCH3 is 1. The minimum Gasteiger partial charge on any atom is -0.478 e. The van der Waals surface area contributed by atoms with Crippen LogP contribution in [0.15, 0.2) is 6.07 Å². The summed E-state index contributed by atoms with van der Waals surface area (Å²) in [6, 6.07) is 1.88. The van der Waals surface area contributed by atoms with Crippen molar-refractivity contribution in [3.63, 3.8) is 0 Å². The number of rotatable bonds is 2. The van der Waals surface area contributed by atoms with Gasteiger partial charge in [-0.3, -0.25) is 0 Å². The molecular formula is C11H18N4O. The van der Waals surface area contributed by atoms with Crippen molar-refractivity contribution in [1.82, 2.24) is 15.1 Å². The van der Waals surface area contributed by atoms with Crippen LogP contribution in [-0.4, -0.2) is 42.3 Å². The molecule has 1 fully saturated rings. The molecule has 5 nitrogen and oxygen atoms in total. The van der Waals surface area contributed by atoms with E-state index < -0.39 is 0 Å². The molecule has 2 N–H and O–H groups in total. The third-order valence-corrected chi connectivity index (χ3v) is 3.04. The molecule has 5 heteroatoms. The van der Waals surface area contributed by atoms with E-state index in [4.69, 9.17) is 10.5 Å². The van der Waals surface area contributed by atoms with Gasteiger partial charge in [-0.15, -0.1) is 5.10 Å². The van der Waals surface area contributed by atoms with E-state index in [0.717, 1.165) is 25.2 Å². The van der Waals surface area contributed by atoms with Gasteiger partial charge in [-0.1, -0.05) is 0 Å². The molecule has 1 aromatic rings. The number of likely N-dealkylation sites (tertiary alicyclic amines) is 1. The number of nitrogens with zero attached hydrogens (tertiary/aromatic N) is 3. The zero-order chi connectivity index (χ0) is 11.5. The van der Waals surface area contributed by atoms with Crippen molar-refractivity contribution in [2.45, 2.75) is 18.8 Å². The van der Waals surface area contributed by atoms with Gasteiger partial charge in [-0.05, 0) is 32.5 Å². The van der Waals surface area contributed by atoms with Gasteiger partial charge in [0.2, 0.25) is 0 Å². The lowest BCUT2D eigenvalue weighted by Gasteiger charge is -2.29. The summed E-state index contributed by atoms with van der Waals surface area (Å²) in [7, 11) is 3.68. The van der Waals surface area contributed by atoms with Crippen molar-refractivity contribution in [2.75, 3.05) is 33.0 Å². The Kier molecular flexibility index (Phi) is 3.24. The molecule has 0 radical (unpaired) electrons. The average molecular weight is 222 g/mol. The second-order valence-electron chi connectivity index (χ2n) is 4.34. The predicted octanol–water partition coefficient (Wildman–Crippen LogP) is 0.877. The molecule has 16 heavy (non-hydrogen) atoms. The Morgan fingerprint density at radius 2 is 2.31 bits per heavy atom. The molecule has 88 valence electrons. The molecule has 1 aliphatic heterocycles. The molecule has 0 saturated carbocycles. The molecule has 1 aliphatic rings. The number of hydrogen-bond acceptors (Lipinski definition) is 5. The van der Waals surface area contributed by atoms with Crippen molar-refractivity contribution >= 4 is 5.69 Å². The van der Waals surface area contributed by atoms with Gasteiger partial charge in [0.25, 0.3) is 5.88 Å². The van der Waals surface area contributed by atoms with Gasteiger partial charge in [0.15, 0.2) is 0 Å². The number of nitrogens with two attached hydrogens (primary N) is 1. The minimum absolute atomic E-state index is 0.410. The Bertz CT molecular complexity index is 369. The van der Waals surface area contributed by atoms with Crippen LogP contribution >= 0.6 is 0 Å². The highest BCUT2D eigenvalue weighted by Crippen LogP contribution is 2.27. The largest absolute Gasteiger partial charge is 0.478 e. The lowest BCUT2D eigenvalue weighted by molar-refractivity contribution is 0.247. The van der Waals surface area contributed by atoms with Gasteiger partial charge in [-0.2, -0.15) is 5.10 Å². The fraction of sp³-hybridized carbons (Fsp3) is 0.636. The molecule has 0 aliphatic carbocycles. The highest BCUT2D eigenvalue weighted by Gasteiger charge is 2.21. The molecular weight excluding hydrogens is 204 g/mol. The number of anilines is 1. The summed E-state index contributed by atoms with van der Waals surface area (Å²) in [6.07, 6.45) is 2.36. The molecule has 0 aromatic carbocycles. The smallest absolute Gasteiger partial charge is 0.256 e. The van der Waals surface area contributed by atoms with Crippen LogP contribution in [0.2, 0.25) is 0 Å². The fourth-order valence-corrected chi connectivity index (χ4v) is 2.18. The first-order valence-corrected chi connectivity index (χ1v) is 5.56. The lowest BCUT2D eigenvalue weighted by Crippen LogP contribution is -2.31. The third kappa shape index (κ3) is 2.24. The Hall–Kier alpha value is -1.36. The van der Waals surface area contributed by atoms with Crippen LogP contribution < -0.4 is 10.5 Å². The van der Waals surface area contributed by atoms with Crippen LogP contribution in [0.1, 0.15) is 24.5 Å². The van der Waals surface area contributed by atoms with Crippen molar-refractivity contribution in [2.24, 2.45) is 0 Å². The van der Waals surface area contributed by atoms with Gasteiger partial charge >= 0.3 is 0 Å². The standard InChI is InChI=1S/C11H18N4O/c1-15-5-3-4-8(7-15)10-6-9(12)11(16-2)14-13-10/h6,8H,3-5,7H2,1-2H3,(H2,12,13). The van der Waals surface area contributed by atoms with E-state index >= 15 is 0 Å². The first-order chi connectivity index (χ1) is 7.70. The molecule has 1 atom stereocenters. The van der Waals surface area contributed by atoms with Crippen LogP contribution in [0.5, 0.6) is 5.88 Å². The van der Waals surface area contributed by atoms with Gasteiger partial charge in [0.1, 0.15) is 0 Å². The first-order valence-electron chi connectivity index (χ1n) is 5.56. The summed E-state index contributed by atoms with van der Waals surface area (Å²) >= 11 is 0. The second kappa shape index (κ2) is 4.65.